The molecule has 0 heterocycles. The molecule has 1 saturated carbocycles. The summed E-state index contributed by atoms with van der Waals surface area (Å²) in [5.74, 6) is 0.485. The zero-order valence-electron chi connectivity index (χ0n) is 12.3. The highest BCUT2D eigenvalue weighted by molar-refractivity contribution is 5.76. The van der Waals surface area contributed by atoms with Gasteiger partial charge in [0, 0.05) is 5.56 Å². The number of phenols is 1. The van der Waals surface area contributed by atoms with Crippen molar-refractivity contribution in [2.24, 2.45) is 5.41 Å². The molecular weight excluding hydrogens is 264 g/mol. The Bertz CT molecular complexity index is 554. The number of hydrogen-bond acceptors (Lipinski definition) is 3. The summed E-state index contributed by atoms with van der Waals surface area (Å²) < 4.78 is 5.74. The lowest BCUT2D eigenvalue weighted by molar-refractivity contribution is 0.112. The number of hydrogen-bond donors (Lipinski definition) is 1. The van der Waals surface area contributed by atoms with Crippen LogP contribution in [0.25, 0.3) is 0 Å². The van der Waals surface area contributed by atoms with Crippen molar-refractivity contribution in [2.45, 2.75) is 44.9 Å². The standard InChI is InChI=1S/C18H22O3/c19-12-14-5-6-17(16(20)10-14)21-13-15-4-3-9-18(11-15)7-1-2-8-18/h5-6,10-12,20H,1-4,7-9,13H2. The third-order valence-electron chi connectivity index (χ3n) is 4.81. The van der Waals surface area contributed by atoms with Crippen molar-refractivity contribution in [3.63, 3.8) is 0 Å². The molecule has 0 unspecified atom stereocenters. The molecule has 21 heavy (non-hydrogen) atoms. The topological polar surface area (TPSA) is 46.5 Å². The van der Waals surface area contributed by atoms with Crippen molar-refractivity contribution < 1.29 is 14.6 Å². The molecule has 0 aromatic heterocycles. The van der Waals surface area contributed by atoms with E-state index in [0.29, 0.717) is 23.3 Å². The Labute approximate surface area is 125 Å². The van der Waals surface area contributed by atoms with Gasteiger partial charge in [-0.1, -0.05) is 18.9 Å². The van der Waals surface area contributed by atoms with Crippen molar-refractivity contribution in [2.75, 3.05) is 6.61 Å². The highest BCUT2D eigenvalue weighted by Crippen LogP contribution is 2.47. The molecule has 112 valence electrons. The molecule has 3 rings (SSSR count). The molecule has 1 spiro atoms. The van der Waals surface area contributed by atoms with E-state index in [1.165, 1.54) is 50.2 Å². The van der Waals surface area contributed by atoms with E-state index in [4.69, 9.17) is 4.74 Å². The largest absolute Gasteiger partial charge is 0.504 e. The van der Waals surface area contributed by atoms with E-state index < -0.39 is 0 Å². The quantitative estimate of drug-likeness (QED) is 0.664. The minimum atomic E-state index is 0.0339. The smallest absolute Gasteiger partial charge is 0.161 e. The van der Waals surface area contributed by atoms with Gasteiger partial charge in [-0.2, -0.15) is 0 Å². The second kappa shape index (κ2) is 5.92. The lowest BCUT2D eigenvalue weighted by atomic mass is 9.75. The molecule has 0 saturated heterocycles. The van der Waals surface area contributed by atoms with E-state index in [2.05, 4.69) is 6.08 Å². The number of allylic oxidation sites excluding steroid dienone is 1. The number of ether oxygens (including phenoxy) is 1. The van der Waals surface area contributed by atoms with Gasteiger partial charge in [-0.05, 0) is 61.3 Å². The van der Waals surface area contributed by atoms with E-state index in [0.717, 1.165) is 12.7 Å². The predicted molar refractivity (Wildman–Crippen MR) is 81.8 cm³/mol. The van der Waals surface area contributed by atoms with Gasteiger partial charge < -0.3 is 9.84 Å². The molecule has 0 amide bonds. The Balaban J connectivity index is 1.67. The zero-order valence-corrected chi connectivity index (χ0v) is 12.3. The van der Waals surface area contributed by atoms with Gasteiger partial charge in [0.25, 0.3) is 0 Å². The van der Waals surface area contributed by atoms with E-state index in [1.807, 2.05) is 0 Å². The first-order valence-corrected chi connectivity index (χ1v) is 7.82. The minimum absolute atomic E-state index is 0.0339. The van der Waals surface area contributed by atoms with Gasteiger partial charge in [-0.15, -0.1) is 0 Å². The maximum absolute atomic E-state index is 10.7. The second-order valence-corrected chi connectivity index (χ2v) is 6.36. The van der Waals surface area contributed by atoms with Crippen LogP contribution in [-0.4, -0.2) is 18.0 Å². The van der Waals surface area contributed by atoms with Crippen molar-refractivity contribution in [1.82, 2.24) is 0 Å². The number of rotatable bonds is 4. The monoisotopic (exact) mass is 286 g/mol. The molecule has 0 bridgehead atoms. The molecule has 1 aromatic rings. The summed E-state index contributed by atoms with van der Waals surface area (Å²) >= 11 is 0. The molecule has 1 aromatic carbocycles. The van der Waals surface area contributed by atoms with Crippen molar-refractivity contribution in [3.8, 4) is 11.5 Å². The maximum atomic E-state index is 10.7. The number of aldehydes is 1. The summed E-state index contributed by atoms with van der Waals surface area (Å²) in [4.78, 5) is 10.7. The molecule has 0 aliphatic heterocycles. The maximum Gasteiger partial charge on any atom is 0.161 e. The van der Waals surface area contributed by atoms with Crippen LogP contribution < -0.4 is 4.74 Å². The number of benzene rings is 1. The Morgan fingerprint density at radius 1 is 1.19 bits per heavy atom. The highest BCUT2D eigenvalue weighted by atomic mass is 16.5. The molecule has 1 N–H and O–H groups in total. The molecule has 3 nitrogen and oxygen atoms in total. The molecule has 3 heteroatoms. The van der Waals surface area contributed by atoms with Crippen molar-refractivity contribution in [1.29, 1.82) is 0 Å². The zero-order chi connectivity index (χ0) is 14.7. The number of carbonyl (C=O) groups excluding carboxylic acids is 1. The fraction of sp³-hybridized carbons (Fsp3) is 0.500. The molecule has 2 aliphatic rings. The van der Waals surface area contributed by atoms with Crippen LogP contribution >= 0.6 is 0 Å². The van der Waals surface area contributed by atoms with E-state index >= 15 is 0 Å². The van der Waals surface area contributed by atoms with Gasteiger partial charge in [0.15, 0.2) is 11.5 Å². The molecule has 0 radical (unpaired) electrons. The lowest BCUT2D eigenvalue weighted by Crippen LogP contribution is -2.19. The first-order chi connectivity index (χ1) is 10.2. The summed E-state index contributed by atoms with van der Waals surface area (Å²) in [6, 6.07) is 4.76. The lowest BCUT2D eigenvalue weighted by Gasteiger charge is -2.31. The first-order valence-electron chi connectivity index (χ1n) is 7.82. The average Bonchev–Trinajstić information content (AvgIpc) is 2.94. The number of aromatic hydroxyl groups is 1. The van der Waals surface area contributed by atoms with Crippen LogP contribution in [0.4, 0.5) is 0 Å². The van der Waals surface area contributed by atoms with Gasteiger partial charge in [0.2, 0.25) is 0 Å². The summed E-state index contributed by atoms with van der Waals surface area (Å²) in [5.41, 5.74) is 2.24. The average molecular weight is 286 g/mol. The SMILES string of the molecule is O=Cc1ccc(OCC2=CC3(CCCC3)CCC2)c(O)c1. The van der Waals surface area contributed by atoms with E-state index in [9.17, 15) is 9.90 Å². The van der Waals surface area contributed by atoms with Gasteiger partial charge >= 0.3 is 0 Å². The fourth-order valence-corrected chi connectivity index (χ4v) is 3.73. The van der Waals surface area contributed by atoms with Crippen LogP contribution in [0.15, 0.2) is 29.8 Å². The molecule has 2 aliphatic carbocycles. The molecule has 1 fully saturated rings. The Hall–Kier alpha value is -1.77. The Morgan fingerprint density at radius 3 is 2.67 bits per heavy atom. The van der Waals surface area contributed by atoms with Crippen LogP contribution in [0.3, 0.4) is 0 Å². The van der Waals surface area contributed by atoms with Gasteiger partial charge in [0.1, 0.15) is 12.9 Å². The van der Waals surface area contributed by atoms with E-state index in [-0.39, 0.29) is 5.75 Å². The Morgan fingerprint density at radius 2 is 1.95 bits per heavy atom. The summed E-state index contributed by atoms with van der Waals surface area (Å²) in [7, 11) is 0. The molecular formula is C18H22O3. The summed E-state index contributed by atoms with van der Waals surface area (Å²) in [5, 5.41) is 9.85. The molecule has 0 atom stereocenters. The fourth-order valence-electron chi connectivity index (χ4n) is 3.73. The van der Waals surface area contributed by atoms with Crippen molar-refractivity contribution >= 4 is 6.29 Å². The third kappa shape index (κ3) is 3.12. The highest BCUT2D eigenvalue weighted by Gasteiger charge is 2.33. The van der Waals surface area contributed by atoms with Crippen LogP contribution in [0.5, 0.6) is 11.5 Å². The predicted octanol–water partition coefficient (Wildman–Crippen LogP) is 4.25. The first kappa shape index (κ1) is 14.2. The second-order valence-electron chi connectivity index (χ2n) is 6.36. The minimum Gasteiger partial charge on any atom is -0.504 e. The summed E-state index contributed by atoms with van der Waals surface area (Å²) in [6.07, 6.45) is 12.1. The van der Waals surface area contributed by atoms with Gasteiger partial charge in [-0.3, -0.25) is 4.79 Å². The van der Waals surface area contributed by atoms with Crippen LogP contribution in [0, 0.1) is 5.41 Å². The van der Waals surface area contributed by atoms with Crippen molar-refractivity contribution in [3.05, 3.63) is 35.4 Å². The number of phenolic OH excluding ortho intramolecular Hbond substituents is 1. The number of carbonyl (C=O) groups is 1. The Kier molecular flexibility index (Phi) is 4.00. The van der Waals surface area contributed by atoms with Crippen LogP contribution in [0.2, 0.25) is 0 Å². The third-order valence-corrected chi connectivity index (χ3v) is 4.81. The summed E-state index contributed by atoms with van der Waals surface area (Å²) in [6.45, 7) is 0.537. The van der Waals surface area contributed by atoms with Gasteiger partial charge in [-0.25, -0.2) is 0 Å². The normalized spacial score (nSPS) is 20.3. The van der Waals surface area contributed by atoms with Gasteiger partial charge in [0.05, 0.1) is 0 Å². The van der Waals surface area contributed by atoms with Crippen LogP contribution in [0.1, 0.15) is 55.3 Å². The van der Waals surface area contributed by atoms with E-state index in [1.54, 1.807) is 12.1 Å². The van der Waals surface area contributed by atoms with Crippen LogP contribution in [-0.2, 0) is 0 Å².